The summed E-state index contributed by atoms with van der Waals surface area (Å²) in [6.07, 6.45) is 7.98. The standard InChI is InChI=1S/C28H23N/c1-2-6-21(7-3-1)23-10-12-24(13-11-23)25-14-17-27(18-15-25)29-28-19-16-22-8-4-5-9-26(22)20-28/h1-10,12-20,23,29H,11H2. The molecule has 0 bridgehead atoms. The Balaban J connectivity index is 1.29. The van der Waals surface area contributed by atoms with Crippen molar-refractivity contribution in [2.45, 2.75) is 12.3 Å². The van der Waals surface area contributed by atoms with Gasteiger partial charge in [0, 0.05) is 17.3 Å². The molecule has 0 fully saturated rings. The van der Waals surface area contributed by atoms with Crippen molar-refractivity contribution in [3.8, 4) is 0 Å². The van der Waals surface area contributed by atoms with Gasteiger partial charge in [-0.05, 0) is 58.2 Å². The summed E-state index contributed by atoms with van der Waals surface area (Å²) in [5.74, 6) is 0.480. The second-order valence-electron chi connectivity index (χ2n) is 7.54. The molecule has 0 radical (unpaired) electrons. The van der Waals surface area contributed by atoms with Crippen LogP contribution in [-0.2, 0) is 0 Å². The van der Waals surface area contributed by atoms with Crippen molar-refractivity contribution in [3.63, 3.8) is 0 Å². The molecule has 0 saturated heterocycles. The molecule has 4 aromatic carbocycles. The van der Waals surface area contributed by atoms with E-state index in [1.165, 1.54) is 27.5 Å². The normalized spacial score (nSPS) is 15.9. The minimum atomic E-state index is 0.480. The zero-order valence-electron chi connectivity index (χ0n) is 16.3. The lowest BCUT2D eigenvalue weighted by Gasteiger charge is -2.17. The fraction of sp³-hybridized carbons (Fsp3) is 0.0714. The highest BCUT2D eigenvalue weighted by Crippen LogP contribution is 2.31. The molecule has 0 heterocycles. The van der Waals surface area contributed by atoms with E-state index in [4.69, 9.17) is 0 Å². The van der Waals surface area contributed by atoms with Crippen LogP contribution in [0.15, 0.2) is 115 Å². The molecule has 0 spiro atoms. The Labute approximate surface area is 172 Å². The monoisotopic (exact) mass is 373 g/mol. The van der Waals surface area contributed by atoms with E-state index >= 15 is 0 Å². The molecule has 1 aliphatic rings. The van der Waals surface area contributed by atoms with Gasteiger partial charge in [0.05, 0.1) is 0 Å². The fourth-order valence-corrected chi connectivity index (χ4v) is 3.96. The van der Waals surface area contributed by atoms with E-state index in [0.29, 0.717) is 5.92 Å². The lowest BCUT2D eigenvalue weighted by Crippen LogP contribution is -1.98. The van der Waals surface area contributed by atoms with Gasteiger partial charge in [-0.1, -0.05) is 91.0 Å². The minimum absolute atomic E-state index is 0.480. The summed E-state index contributed by atoms with van der Waals surface area (Å²) in [6.45, 7) is 0. The van der Waals surface area contributed by atoms with Gasteiger partial charge >= 0.3 is 0 Å². The zero-order chi connectivity index (χ0) is 19.5. The molecule has 1 nitrogen and oxygen atoms in total. The summed E-state index contributed by atoms with van der Waals surface area (Å²) < 4.78 is 0. The summed E-state index contributed by atoms with van der Waals surface area (Å²) >= 11 is 0. The number of fused-ring (bicyclic) bond motifs is 1. The van der Waals surface area contributed by atoms with Gasteiger partial charge in [0.25, 0.3) is 0 Å². The van der Waals surface area contributed by atoms with E-state index in [1.54, 1.807) is 0 Å². The van der Waals surface area contributed by atoms with Gasteiger partial charge in [-0.25, -0.2) is 0 Å². The maximum atomic E-state index is 3.52. The van der Waals surface area contributed by atoms with Gasteiger partial charge in [-0.3, -0.25) is 0 Å². The van der Waals surface area contributed by atoms with Crippen molar-refractivity contribution in [3.05, 3.63) is 126 Å². The smallest absolute Gasteiger partial charge is 0.0390 e. The maximum absolute atomic E-state index is 3.52. The summed E-state index contributed by atoms with van der Waals surface area (Å²) in [6, 6.07) is 34.4. The van der Waals surface area contributed by atoms with E-state index in [-0.39, 0.29) is 0 Å². The third kappa shape index (κ3) is 3.86. The molecule has 5 rings (SSSR count). The number of benzene rings is 4. The molecule has 1 heteroatoms. The van der Waals surface area contributed by atoms with Crippen LogP contribution in [0.25, 0.3) is 16.3 Å². The van der Waals surface area contributed by atoms with Crippen molar-refractivity contribution >= 4 is 27.7 Å². The van der Waals surface area contributed by atoms with Gasteiger partial charge in [0.1, 0.15) is 0 Å². The lowest BCUT2D eigenvalue weighted by atomic mass is 9.88. The highest BCUT2D eigenvalue weighted by Gasteiger charge is 2.11. The predicted molar refractivity (Wildman–Crippen MR) is 125 cm³/mol. The Hall–Kier alpha value is -3.58. The van der Waals surface area contributed by atoms with E-state index < -0.39 is 0 Å². The Morgan fingerprint density at radius 3 is 2.14 bits per heavy atom. The van der Waals surface area contributed by atoms with Crippen molar-refractivity contribution in [1.82, 2.24) is 0 Å². The van der Waals surface area contributed by atoms with E-state index in [9.17, 15) is 0 Å². The lowest BCUT2D eigenvalue weighted by molar-refractivity contribution is 0.856. The van der Waals surface area contributed by atoms with E-state index in [1.807, 2.05) is 0 Å². The van der Waals surface area contributed by atoms with Gasteiger partial charge in [-0.15, -0.1) is 0 Å². The summed E-state index contributed by atoms with van der Waals surface area (Å²) in [7, 11) is 0. The SMILES string of the molecule is C1=CC(c2ccccc2)CC=C1c1ccc(Nc2ccc3ccccc3c2)cc1. The van der Waals surface area contributed by atoms with Crippen LogP contribution in [-0.4, -0.2) is 0 Å². The molecule has 29 heavy (non-hydrogen) atoms. The molecule has 1 atom stereocenters. The molecule has 0 aliphatic heterocycles. The first-order chi connectivity index (χ1) is 14.3. The quantitative estimate of drug-likeness (QED) is 0.386. The molecular weight excluding hydrogens is 350 g/mol. The third-order valence-electron chi connectivity index (χ3n) is 5.58. The summed E-state index contributed by atoms with van der Waals surface area (Å²) in [5.41, 5.74) is 6.16. The first-order valence-corrected chi connectivity index (χ1v) is 10.1. The van der Waals surface area contributed by atoms with Crippen LogP contribution in [0.3, 0.4) is 0 Å². The number of hydrogen-bond acceptors (Lipinski definition) is 1. The highest BCUT2D eigenvalue weighted by molar-refractivity contribution is 5.86. The molecule has 0 amide bonds. The van der Waals surface area contributed by atoms with Crippen molar-refractivity contribution in [2.75, 3.05) is 5.32 Å². The minimum Gasteiger partial charge on any atom is -0.356 e. The second-order valence-corrected chi connectivity index (χ2v) is 7.54. The molecule has 0 saturated carbocycles. The van der Waals surface area contributed by atoms with Crippen molar-refractivity contribution in [2.24, 2.45) is 0 Å². The number of hydrogen-bond donors (Lipinski definition) is 1. The van der Waals surface area contributed by atoms with E-state index in [2.05, 4.69) is 121 Å². The maximum Gasteiger partial charge on any atom is 0.0390 e. The van der Waals surface area contributed by atoms with Gasteiger partial charge < -0.3 is 5.32 Å². The first kappa shape index (κ1) is 17.5. The van der Waals surface area contributed by atoms with Crippen LogP contribution in [0.5, 0.6) is 0 Å². The Morgan fingerprint density at radius 1 is 0.655 bits per heavy atom. The van der Waals surface area contributed by atoms with Gasteiger partial charge in [-0.2, -0.15) is 0 Å². The van der Waals surface area contributed by atoms with E-state index in [0.717, 1.165) is 17.8 Å². The van der Waals surface area contributed by atoms with Crippen LogP contribution in [0.1, 0.15) is 23.5 Å². The number of anilines is 2. The molecule has 1 aliphatic carbocycles. The van der Waals surface area contributed by atoms with Crippen molar-refractivity contribution < 1.29 is 0 Å². The highest BCUT2D eigenvalue weighted by atomic mass is 14.9. The molecular formula is C28H23N. The summed E-state index contributed by atoms with van der Waals surface area (Å²) in [4.78, 5) is 0. The average Bonchev–Trinajstić information content (AvgIpc) is 2.80. The van der Waals surface area contributed by atoms with Crippen LogP contribution in [0.2, 0.25) is 0 Å². The number of nitrogens with one attached hydrogen (secondary N) is 1. The molecule has 1 unspecified atom stereocenters. The van der Waals surface area contributed by atoms with Crippen LogP contribution in [0.4, 0.5) is 11.4 Å². The number of allylic oxidation sites excluding steroid dienone is 4. The molecule has 1 N–H and O–H groups in total. The first-order valence-electron chi connectivity index (χ1n) is 10.1. The Bertz CT molecular complexity index is 1180. The average molecular weight is 373 g/mol. The predicted octanol–water partition coefficient (Wildman–Crippen LogP) is 7.71. The van der Waals surface area contributed by atoms with Gasteiger partial charge in [0.15, 0.2) is 0 Å². The van der Waals surface area contributed by atoms with Crippen LogP contribution in [0, 0.1) is 0 Å². The number of rotatable bonds is 4. The van der Waals surface area contributed by atoms with Crippen LogP contribution >= 0.6 is 0 Å². The second kappa shape index (κ2) is 7.81. The third-order valence-corrected chi connectivity index (χ3v) is 5.58. The zero-order valence-corrected chi connectivity index (χ0v) is 16.3. The molecule has 140 valence electrons. The molecule has 0 aromatic heterocycles. The Kier molecular flexibility index (Phi) is 4.72. The Morgan fingerprint density at radius 2 is 1.38 bits per heavy atom. The summed E-state index contributed by atoms with van der Waals surface area (Å²) in [5, 5.41) is 6.03. The van der Waals surface area contributed by atoms with Crippen LogP contribution < -0.4 is 5.32 Å². The fourth-order valence-electron chi connectivity index (χ4n) is 3.96. The van der Waals surface area contributed by atoms with Crippen molar-refractivity contribution in [1.29, 1.82) is 0 Å². The molecule has 4 aromatic rings. The largest absolute Gasteiger partial charge is 0.356 e. The van der Waals surface area contributed by atoms with Gasteiger partial charge in [0.2, 0.25) is 0 Å². The topological polar surface area (TPSA) is 12.0 Å².